The van der Waals surface area contributed by atoms with Crippen LogP contribution in [0.5, 0.6) is 5.88 Å². The minimum atomic E-state index is -3.69. The van der Waals surface area contributed by atoms with Crippen molar-refractivity contribution >= 4 is 16.2 Å². The topological polar surface area (TPSA) is 80.7 Å². The van der Waals surface area contributed by atoms with Crippen LogP contribution in [0.2, 0.25) is 0 Å². The van der Waals surface area contributed by atoms with Crippen molar-refractivity contribution in [3.05, 3.63) is 18.3 Å². The van der Waals surface area contributed by atoms with Crippen LogP contribution < -0.4 is 10.1 Å². The highest BCUT2D eigenvalue weighted by Gasteiger charge is 2.38. The van der Waals surface area contributed by atoms with Gasteiger partial charge in [0.05, 0.1) is 6.21 Å². The molecule has 0 unspecified atom stereocenters. The Morgan fingerprint density at radius 3 is 2.89 bits per heavy atom. The second kappa shape index (κ2) is 4.03. The minimum absolute atomic E-state index is 0.0386. The third kappa shape index (κ3) is 1.89. The Hall–Kier alpha value is -1.47. The number of sulfonamides is 1. The summed E-state index contributed by atoms with van der Waals surface area (Å²) in [6.07, 6.45) is 4.31. The van der Waals surface area contributed by atoms with E-state index in [1.807, 2.05) is 0 Å². The number of nitrogens with one attached hydrogen (secondary N) is 1. The fourth-order valence-electron chi connectivity index (χ4n) is 2.17. The summed E-state index contributed by atoms with van der Waals surface area (Å²) in [4.78, 5) is 4.06. The highest BCUT2D eigenvalue weighted by Crippen LogP contribution is 2.32. The number of ether oxygens (including phenoxy) is 1. The lowest BCUT2D eigenvalue weighted by molar-refractivity contribution is 0.101. The van der Waals surface area contributed by atoms with E-state index in [2.05, 4.69) is 14.7 Å². The average Bonchev–Trinajstić information content (AvgIpc) is 2.48. The van der Waals surface area contributed by atoms with E-state index in [1.54, 1.807) is 6.07 Å². The smallest absolute Gasteiger partial charge is 0.287 e. The van der Waals surface area contributed by atoms with Gasteiger partial charge in [-0.05, 0) is 25.2 Å². The van der Waals surface area contributed by atoms with Crippen molar-refractivity contribution in [2.24, 2.45) is 4.40 Å². The normalized spacial score (nSPS) is 24.0. The Kier molecular flexibility index (Phi) is 2.60. The zero-order valence-corrected chi connectivity index (χ0v) is 10.5. The molecule has 1 fully saturated rings. The van der Waals surface area contributed by atoms with E-state index in [-0.39, 0.29) is 10.8 Å². The lowest BCUT2D eigenvalue weighted by Gasteiger charge is -2.33. The summed E-state index contributed by atoms with van der Waals surface area (Å²) in [5.74, 6) is 0.150. The molecular formula is C11H13N3O3S. The van der Waals surface area contributed by atoms with Crippen molar-refractivity contribution in [2.45, 2.75) is 23.3 Å². The van der Waals surface area contributed by atoms with Gasteiger partial charge in [0.15, 0.2) is 4.90 Å². The zero-order valence-electron chi connectivity index (χ0n) is 9.67. The van der Waals surface area contributed by atoms with E-state index in [1.165, 1.54) is 18.5 Å². The summed E-state index contributed by atoms with van der Waals surface area (Å²) in [5.41, 5.74) is -0.655. The molecule has 2 aliphatic heterocycles. The molecule has 2 aliphatic rings. The molecule has 7 heteroatoms. The maximum absolute atomic E-state index is 12.0. The van der Waals surface area contributed by atoms with Gasteiger partial charge in [-0.15, -0.1) is 0 Å². The summed E-state index contributed by atoms with van der Waals surface area (Å²) in [7, 11) is -3.69. The molecule has 1 spiro atoms. The Morgan fingerprint density at radius 2 is 2.11 bits per heavy atom. The van der Waals surface area contributed by atoms with E-state index < -0.39 is 15.6 Å². The number of aromatic nitrogens is 1. The van der Waals surface area contributed by atoms with Gasteiger partial charge in [-0.3, -0.25) is 0 Å². The van der Waals surface area contributed by atoms with Crippen molar-refractivity contribution in [2.75, 3.05) is 13.1 Å². The molecule has 1 aromatic heterocycles. The van der Waals surface area contributed by atoms with Crippen LogP contribution >= 0.6 is 0 Å². The second-order valence-corrected chi connectivity index (χ2v) is 6.03. The molecule has 96 valence electrons. The van der Waals surface area contributed by atoms with Gasteiger partial charge in [0.1, 0.15) is 5.60 Å². The van der Waals surface area contributed by atoms with Crippen molar-refractivity contribution in [3.63, 3.8) is 0 Å². The summed E-state index contributed by atoms with van der Waals surface area (Å²) in [5, 5.41) is 3.21. The van der Waals surface area contributed by atoms with Gasteiger partial charge >= 0.3 is 0 Å². The summed E-state index contributed by atoms with van der Waals surface area (Å²) >= 11 is 0. The minimum Gasteiger partial charge on any atom is -0.464 e. The van der Waals surface area contributed by atoms with Crippen LogP contribution in [0, 0.1) is 0 Å². The predicted molar refractivity (Wildman–Crippen MR) is 65.4 cm³/mol. The number of rotatable bonds is 0. The first-order chi connectivity index (χ1) is 8.61. The molecule has 3 heterocycles. The average molecular weight is 267 g/mol. The largest absolute Gasteiger partial charge is 0.464 e. The first kappa shape index (κ1) is 11.6. The Balaban J connectivity index is 2.12. The number of fused-ring (bicyclic) bond motifs is 1. The van der Waals surface area contributed by atoms with E-state index in [9.17, 15) is 8.42 Å². The monoisotopic (exact) mass is 267 g/mol. The highest BCUT2D eigenvalue weighted by atomic mass is 32.2. The number of nitrogens with zero attached hydrogens (tertiary/aromatic N) is 2. The van der Waals surface area contributed by atoms with Crippen molar-refractivity contribution in [1.82, 2.24) is 10.3 Å². The van der Waals surface area contributed by atoms with Crippen LogP contribution in [0.3, 0.4) is 0 Å². The lowest BCUT2D eigenvalue weighted by atomic mass is 9.93. The van der Waals surface area contributed by atoms with Crippen molar-refractivity contribution in [1.29, 1.82) is 0 Å². The van der Waals surface area contributed by atoms with E-state index in [0.29, 0.717) is 12.8 Å². The van der Waals surface area contributed by atoms with Crippen LogP contribution in [0.4, 0.5) is 0 Å². The Bertz CT molecular complexity index is 591. The predicted octanol–water partition coefficient (Wildman–Crippen LogP) is 0.356. The van der Waals surface area contributed by atoms with E-state index >= 15 is 0 Å². The standard InChI is InChI=1S/C11H13N3O3S/c15-18(16)9-2-1-5-13-10(9)17-11(8-14-18)3-6-12-7-4-11/h1-2,5,8,12H,3-4,6-7H2. The molecule has 18 heavy (non-hydrogen) atoms. The Morgan fingerprint density at radius 1 is 1.33 bits per heavy atom. The quantitative estimate of drug-likeness (QED) is 0.734. The number of hydrogen-bond acceptors (Lipinski definition) is 5. The van der Waals surface area contributed by atoms with Gasteiger partial charge in [-0.2, -0.15) is 12.8 Å². The third-order valence-corrected chi connectivity index (χ3v) is 4.44. The van der Waals surface area contributed by atoms with Crippen LogP contribution in [0.15, 0.2) is 27.6 Å². The molecule has 0 aromatic carbocycles. The molecule has 0 bridgehead atoms. The molecule has 1 N–H and O–H groups in total. The number of hydrogen-bond donors (Lipinski definition) is 1. The summed E-state index contributed by atoms with van der Waals surface area (Å²) in [6, 6.07) is 3.03. The van der Waals surface area contributed by atoms with Crippen LogP contribution in [-0.2, 0) is 10.0 Å². The van der Waals surface area contributed by atoms with E-state index in [4.69, 9.17) is 4.74 Å². The molecule has 0 radical (unpaired) electrons. The van der Waals surface area contributed by atoms with Gasteiger partial charge in [-0.1, -0.05) is 0 Å². The van der Waals surface area contributed by atoms with Gasteiger partial charge < -0.3 is 10.1 Å². The molecule has 1 aromatic rings. The molecule has 0 amide bonds. The highest BCUT2D eigenvalue weighted by molar-refractivity contribution is 7.90. The maximum atomic E-state index is 12.0. The summed E-state index contributed by atoms with van der Waals surface area (Å²) < 4.78 is 33.5. The maximum Gasteiger partial charge on any atom is 0.287 e. The van der Waals surface area contributed by atoms with Gasteiger partial charge in [0.25, 0.3) is 10.0 Å². The Labute approximate surface area is 105 Å². The van der Waals surface area contributed by atoms with Gasteiger partial charge in [0.2, 0.25) is 5.88 Å². The first-order valence-electron chi connectivity index (χ1n) is 5.78. The fraction of sp³-hybridized carbons (Fsp3) is 0.455. The van der Waals surface area contributed by atoms with Crippen LogP contribution in [0.25, 0.3) is 0 Å². The van der Waals surface area contributed by atoms with Crippen LogP contribution in [0.1, 0.15) is 12.8 Å². The lowest BCUT2D eigenvalue weighted by Crippen LogP contribution is -2.47. The summed E-state index contributed by atoms with van der Waals surface area (Å²) in [6.45, 7) is 1.54. The number of piperidine rings is 1. The van der Waals surface area contributed by atoms with Crippen molar-refractivity contribution < 1.29 is 13.2 Å². The SMILES string of the molecule is O=S1(=O)N=CC2(CCNCC2)Oc2ncccc21. The van der Waals surface area contributed by atoms with Gasteiger partial charge in [0, 0.05) is 19.0 Å². The number of pyridine rings is 1. The zero-order chi connectivity index (χ0) is 12.6. The molecular weight excluding hydrogens is 254 g/mol. The molecule has 0 atom stereocenters. The second-order valence-electron chi connectivity index (χ2n) is 4.43. The first-order valence-corrected chi connectivity index (χ1v) is 7.22. The fourth-order valence-corrected chi connectivity index (χ4v) is 3.18. The van der Waals surface area contributed by atoms with Gasteiger partial charge in [-0.25, -0.2) is 4.98 Å². The third-order valence-electron chi connectivity index (χ3n) is 3.19. The van der Waals surface area contributed by atoms with E-state index in [0.717, 1.165) is 13.1 Å². The molecule has 0 saturated carbocycles. The van der Waals surface area contributed by atoms with Crippen LogP contribution in [-0.4, -0.2) is 38.3 Å². The molecule has 1 saturated heterocycles. The van der Waals surface area contributed by atoms with Crippen molar-refractivity contribution in [3.8, 4) is 5.88 Å². The molecule has 3 rings (SSSR count). The molecule has 6 nitrogen and oxygen atoms in total. The molecule has 0 aliphatic carbocycles.